The van der Waals surface area contributed by atoms with Crippen LogP contribution in [0.1, 0.15) is 22.3 Å². The van der Waals surface area contributed by atoms with Gasteiger partial charge in [-0.3, -0.25) is 10.1 Å². The van der Waals surface area contributed by atoms with E-state index in [0.717, 1.165) is 11.1 Å². The van der Waals surface area contributed by atoms with E-state index in [1.165, 1.54) is 11.1 Å². The highest BCUT2D eigenvalue weighted by Crippen LogP contribution is 2.25. The van der Waals surface area contributed by atoms with Crippen LogP contribution in [0.3, 0.4) is 0 Å². The van der Waals surface area contributed by atoms with Crippen molar-refractivity contribution in [1.29, 1.82) is 0 Å². The maximum absolute atomic E-state index is 11.0. The van der Waals surface area contributed by atoms with Gasteiger partial charge in [0.2, 0.25) is 0 Å². The van der Waals surface area contributed by atoms with Crippen molar-refractivity contribution in [2.75, 3.05) is 5.32 Å². The van der Waals surface area contributed by atoms with E-state index in [2.05, 4.69) is 31.3 Å². The Morgan fingerprint density at radius 3 is 2.45 bits per heavy atom. The summed E-state index contributed by atoms with van der Waals surface area (Å²) in [5, 5.41) is 14.2. The second-order valence-corrected chi connectivity index (χ2v) is 5.05. The molecule has 2 aromatic rings. The van der Waals surface area contributed by atoms with Crippen LogP contribution in [0.4, 0.5) is 11.4 Å². The average molecular weight is 270 g/mol. The summed E-state index contributed by atoms with van der Waals surface area (Å²) in [6, 6.07) is 11.4. The molecule has 0 heterocycles. The van der Waals surface area contributed by atoms with Crippen molar-refractivity contribution < 1.29 is 4.92 Å². The maximum Gasteiger partial charge on any atom is 0.292 e. The average Bonchev–Trinajstić information content (AvgIpc) is 2.41. The van der Waals surface area contributed by atoms with Crippen molar-refractivity contribution >= 4 is 11.4 Å². The lowest BCUT2D eigenvalue weighted by molar-refractivity contribution is -0.384. The molecule has 0 bridgehead atoms. The predicted molar refractivity (Wildman–Crippen MR) is 81.1 cm³/mol. The fourth-order valence-corrected chi connectivity index (χ4v) is 2.05. The van der Waals surface area contributed by atoms with Gasteiger partial charge in [-0.2, -0.15) is 0 Å². The lowest BCUT2D eigenvalue weighted by atomic mass is 10.1. The van der Waals surface area contributed by atoms with Gasteiger partial charge in [0.25, 0.3) is 5.69 Å². The Morgan fingerprint density at radius 1 is 1.05 bits per heavy atom. The Hall–Kier alpha value is -2.36. The fraction of sp³-hybridized carbons (Fsp3) is 0.250. The summed E-state index contributed by atoms with van der Waals surface area (Å²) in [5.41, 5.74) is 5.14. The summed E-state index contributed by atoms with van der Waals surface area (Å²) in [6.07, 6.45) is 0. The zero-order chi connectivity index (χ0) is 14.7. The van der Waals surface area contributed by atoms with Gasteiger partial charge in [0, 0.05) is 12.6 Å². The summed E-state index contributed by atoms with van der Waals surface area (Å²) in [6.45, 7) is 6.55. The molecule has 0 aliphatic heterocycles. The Bertz CT molecular complexity index is 651. The summed E-state index contributed by atoms with van der Waals surface area (Å²) in [4.78, 5) is 10.7. The van der Waals surface area contributed by atoms with Crippen molar-refractivity contribution in [3.05, 3.63) is 68.8 Å². The highest BCUT2D eigenvalue weighted by Gasteiger charge is 2.13. The molecular weight excluding hydrogens is 252 g/mol. The number of hydrogen-bond acceptors (Lipinski definition) is 3. The molecule has 0 radical (unpaired) electrons. The molecule has 0 saturated carbocycles. The molecule has 4 nitrogen and oxygen atoms in total. The predicted octanol–water partition coefficient (Wildman–Crippen LogP) is 4.13. The number of hydrogen-bond donors (Lipinski definition) is 1. The SMILES string of the molecule is Cc1ccc(NCc2ccc(C)c(C)c2)c([N+](=O)[O-])c1. The standard InChI is InChI=1S/C16H18N2O2/c1-11-4-7-15(16(8-11)18(19)20)17-10-14-6-5-12(2)13(3)9-14/h4-9,17H,10H2,1-3H3. The van der Waals surface area contributed by atoms with Gasteiger partial charge < -0.3 is 5.32 Å². The zero-order valence-electron chi connectivity index (χ0n) is 11.9. The Kier molecular flexibility index (Phi) is 4.03. The van der Waals surface area contributed by atoms with Gasteiger partial charge in [0.1, 0.15) is 5.69 Å². The molecule has 104 valence electrons. The lowest BCUT2D eigenvalue weighted by Crippen LogP contribution is -2.03. The maximum atomic E-state index is 11.0. The van der Waals surface area contributed by atoms with Gasteiger partial charge in [-0.25, -0.2) is 0 Å². The highest BCUT2D eigenvalue weighted by molar-refractivity contribution is 5.62. The van der Waals surface area contributed by atoms with E-state index in [0.29, 0.717) is 12.2 Å². The number of rotatable bonds is 4. The van der Waals surface area contributed by atoms with E-state index in [9.17, 15) is 10.1 Å². The van der Waals surface area contributed by atoms with Gasteiger partial charge in [-0.05, 0) is 49.1 Å². The fourth-order valence-electron chi connectivity index (χ4n) is 2.05. The molecular formula is C16H18N2O2. The van der Waals surface area contributed by atoms with Crippen LogP contribution < -0.4 is 5.32 Å². The van der Waals surface area contributed by atoms with Crippen LogP contribution in [0, 0.1) is 30.9 Å². The number of nitrogens with zero attached hydrogens (tertiary/aromatic N) is 1. The second-order valence-electron chi connectivity index (χ2n) is 5.05. The minimum atomic E-state index is -0.351. The van der Waals surface area contributed by atoms with Gasteiger partial charge in [-0.15, -0.1) is 0 Å². The van der Waals surface area contributed by atoms with Crippen molar-refractivity contribution in [2.24, 2.45) is 0 Å². The Labute approximate surface area is 118 Å². The molecule has 0 unspecified atom stereocenters. The molecule has 0 fully saturated rings. The van der Waals surface area contributed by atoms with E-state index >= 15 is 0 Å². The molecule has 4 heteroatoms. The quantitative estimate of drug-likeness (QED) is 0.671. The minimum absolute atomic E-state index is 0.119. The Balaban J connectivity index is 2.18. The smallest absolute Gasteiger partial charge is 0.292 e. The monoisotopic (exact) mass is 270 g/mol. The molecule has 0 aromatic heterocycles. The zero-order valence-corrected chi connectivity index (χ0v) is 11.9. The largest absolute Gasteiger partial charge is 0.375 e. The van der Waals surface area contributed by atoms with Crippen LogP contribution in [0.15, 0.2) is 36.4 Å². The van der Waals surface area contributed by atoms with Gasteiger partial charge in [0.15, 0.2) is 0 Å². The van der Waals surface area contributed by atoms with Gasteiger partial charge in [0.05, 0.1) is 4.92 Å². The molecule has 0 aliphatic carbocycles. The molecule has 0 amide bonds. The first-order chi connectivity index (χ1) is 9.47. The van der Waals surface area contributed by atoms with Crippen LogP contribution in [0.2, 0.25) is 0 Å². The molecule has 0 atom stereocenters. The first-order valence-corrected chi connectivity index (χ1v) is 6.52. The van der Waals surface area contributed by atoms with E-state index in [-0.39, 0.29) is 10.6 Å². The molecule has 2 aromatic carbocycles. The van der Waals surface area contributed by atoms with Crippen LogP contribution in [0.5, 0.6) is 0 Å². The van der Waals surface area contributed by atoms with Crippen LogP contribution in [0.25, 0.3) is 0 Å². The number of nitro groups is 1. The molecule has 2 rings (SSSR count). The third-order valence-electron chi connectivity index (χ3n) is 3.40. The van der Waals surface area contributed by atoms with Crippen molar-refractivity contribution in [1.82, 2.24) is 0 Å². The third kappa shape index (κ3) is 3.15. The number of aryl methyl sites for hydroxylation is 3. The molecule has 20 heavy (non-hydrogen) atoms. The summed E-state index contributed by atoms with van der Waals surface area (Å²) in [5.74, 6) is 0. The van der Waals surface area contributed by atoms with Crippen molar-refractivity contribution in [2.45, 2.75) is 27.3 Å². The molecule has 0 aliphatic rings. The summed E-state index contributed by atoms with van der Waals surface area (Å²) >= 11 is 0. The Morgan fingerprint density at radius 2 is 1.80 bits per heavy atom. The summed E-state index contributed by atoms with van der Waals surface area (Å²) < 4.78 is 0. The summed E-state index contributed by atoms with van der Waals surface area (Å²) in [7, 11) is 0. The van der Waals surface area contributed by atoms with Crippen molar-refractivity contribution in [3.8, 4) is 0 Å². The van der Waals surface area contributed by atoms with Crippen LogP contribution >= 0.6 is 0 Å². The third-order valence-corrected chi connectivity index (χ3v) is 3.40. The lowest BCUT2D eigenvalue weighted by Gasteiger charge is -2.09. The second kappa shape index (κ2) is 5.74. The van der Waals surface area contributed by atoms with Gasteiger partial charge in [-0.1, -0.05) is 24.3 Å². The minimum Gasteiger partial charge on any atom is -0.375 e. The number of anilines is 1. The molecule has 1 N–H and O–H groups in total. The van der Waals surface area contributed by atoms with E-state index in [4.69, 9.17) is 0 Å². The molecule has 0 spiro atoms. The van der Waals surface area contributed by atoms with E-state index < -0.39 is 0 Å². The van der Waals surface area contributed by atoms with Crippen molar-refractivity contribution in [3.63, 3.8) is 0 Å². The highest BCUT2D eigenvalue weighted by atomic mass is 16.6. The molecule has 0 saturated heterocycles. The van der Waals surface area contributed by atoms with Crippen LogP contribution in [-0.2, 0) is 6.54 Å². The topological polar surface area (TPSA) is 55.2 Å². The number of benzene rings is 2. The van der Waals surface area contributed by atoms with E-state index in [1.807, 2.05) is 19.1 Å². The first kappa shape index (κ1) is 14.1. The van der Waals surface area contributed by atoms with Crippen LogP contribution in [-0.4, -0.2) is 4.92 Å². The number of nitro benzene ring substituents is 1. The van der Waals surface area contributed by atoms with E-state index in [1.54, 1.807) is 12.1 Å². The first-order valence-electron chi connectivity index (χ1n) is 6.52. The number of nitrogens with one attached hydrogen (secondary N) is 1. The normalized spacial score (nSPS) is 10.3. The van der Waals surface area contributed by atoms with Gasteiger partial charge >= 0.3 is 0 Å².